The standard InChI is InChI=1S/C23H44/c1-2-3-4-5-6-7-8-9-10-11-12-13-14-15-17-20-23-21-18-16-19-22-23/h21H,2-20,22H2,1H3. The first-order valence-electron chi connectivity index (χ1n) is 11.1. The fraction of sp³-hybridized carbons (Fsp3) is 0.913. The van der Waals surface area contributed by atoms with Gasteiger partial charge in [0.1, 0.15) is 0 Å². The Kier molecular flexibility index (Phi) is 15.0. The fourth-order valence-electron chi connectivity index (χ4n) is 3.86. The first-order chi connectivity index (χ1) is 11.4. The van der Waals surface area contributed by atoms with Gasteiger partial charge in [0.25, 0.3) is 0 Å². The van der Waals surface area contributed by atoms with Crippen LogP contribution in [0.4, 0.5) is 0 Å². The summed E-state index contributed by atoms with van der Waals surface area (Å²) in [6.45, 7) is 2.30. The van der Waals surface area contributed by atoms with Gasteiger partial charge in [-0.15, -0.1) is 0 Å². The Labute approximate surface area is 147 Å². The maximum atomic E-state index is 2.52. The highest BCUT2D eigenvalue weighted by Crippen LogP contribution is 2.22. The Hall–Kier alpha value is -0.260. The van der Waals surface area contributed by atoms with Crippen LogP contribution in [0.15, 0.2) is 11.6 Å². The summed E-state index contributed by atoms with van der Waals surface area (Å²) in [6, 6.07) is 0. The highest BCUT2D eigenvalue weighted by atomic mass is 14.1. The number of unbranched alkanes of at least 4 members (excludes halogenated alkanes) is 14. The zero-order valence-electron chi connectivity index (χ0n) is 16.2. The molecule has 0 nitrogen and oxygen atoms in total. The summed E-state index contributed by atoms with van der Waals surface area (Å²) in [5.41, 5.74) is 1.77. The lowest BCUT2D eigenvalue weighted by Gasteiger charge is -2.12. The Morgan fingerprint density at radius 1 is 0.609 bits per heavy atom. The highest BCUT2D eigenvalue weighted by Gasteiger charge is 2.02. The maximum absolute atomic E-state index is 2.52. The monoisotopic (exact) mass is 320 g/mol. The molecule has 1 aliphatic carbocycles. The van der Waals surface area contributed by atoms with Crippen LogP contribution in [0.2, 0.25) is 0 Å². The summed E-state index contributed by atoms with van der Waals surface area (Å²) in [5.74, 6) is 0. The molecule has 0 atom stereocenters. The Morgan fingerprint density at radius 3 is 1.52 bits per heavy atom. The van der Waals surface area contributed by atoms with Gasteiger partial charge in [0.05, 0.1) is 0 Å². The van der Waals surface area contributed by atoms with Crippen molar-refractivity contribution >= 4 is 0 Å². The molecule has 136 valence electrons. The van der Waals surface area contributed by atoms with E-state index in [2.05, 4.69) is 13.0 Å². The van der Waals surface area contributed by atoms with Crippen molar-refractivity contribution in [2.75, 3.05) is 0 Å². The van der Waals surface area contributed by atoms with E-state index in [1.807, 2.05) is 0 Å². The lowest BCUT2D eigenvalue weighted by Crippen LogP contribution is -1.92. The van der Waals surface area contributed by atoms with Gasteiger partial charge in [-0.2, -0.15) is 0 Å². The third-order valence-corrected chi connectivity index (χ3v) is 5.49. The van der Waals surface area contributed by atoms with Crippen molar-refractivity contribution in [3.8, 4) is 0 Å². The highest BCUT2D eigenvalue weighted by molar-refractivity contribution is 5.04. The summed E-state index contributed by atoms with van der Waals surface area (Å²) in [7, 11) is 0. The molecule has 0 heterocycles. The molecular weight excluding hydrogens is 276 g/mol. The number of hydrogen-bond donors (Lipinski definition) is 0. The second kappa shape index (κ2) is 16.6. The van der Waals surface area contributed by atoms with E-state index in [0.29, 0.717) is 0 Å². The van der Waals surface area contributed by atoms with E-state index in [1.54, 1.807) is 5.57 Å². The predicted molar refractivity (Wildman–Crippen MR) is 106 cm³/mol. The predicted octanol–water partition coefficient (Wildman–Crippen LogP) is 8.75. The fourth-order valence-corrected chi connectivity index (χ4v) is 3.86. The van der Waals surface area contributed by atoms with Gasteiger partial charge in [-0.3, -0.25) is 0 Å². The van der Waals surface area contributed by atoms with Gasteiger partial charge in [-0.25, -0.2) is 0 Å². The molecule has 0 spiro atoms. The molecule has 0 saturated heterocycles. The summed E-state index contributed by atoms with van der Waals surface area (Å²) in [5, 5.41) is 0. The van der Waals surface area contributed by atoms with Gasteiger partial charge >= 0.3 is 0 Å². The van der Waals surface area contributed by atoms with Gasteiger partial charge in [0.2, 0.25) is 0 Å². The SMILES string of the molecule is CCCCCCCCCCCCCCCCCC1=CCCCC1. The molecule has 0 aromatic rings. The molecule has 0 N–H and O–H groups in total. The van der Waals surface area contributed by atoms with Crippen molar-refractivity contribution in [2.24, 2.45) is 0 Å². The van der Waals surface area contributed by atoms with E-state index in [0.717, 1.165) is 0 Å². The Bertz CT molecular complexity index is 263. The van der Waals surface area contributed by atoms with Crippen LogP contribution >= 0.6 is 0 Å². The van der Waals surface area contributed by atoms with Crippen LogP contribution in [-0.2, 0) is 0 Å². The lowest BCUT2D eigenvalue weighted by atomic mass is 9.95. The van der Waals surface area contributed by atoms with Gasteiger partial charge in [0, 0.05) is 0 Å². The summed E-state index contributed by atoms with van der Waals surface area (Å²) in [4.78, 5) is 0. The topological polar surface area (TPSA) is 0 Å². The smallest absolute Gasteiger partial charge is 0.0320 e. The van der Waals surface area contributed by atoms with Crippen LogP contribution in [-0.4, -0.2) is 0 Å². The third kappa shape index (κ3) is 13.8. The first-order valence-corrected chi connectivity index (χ1v) is 11.1. The van der Waals surface area contributed by atoms with E-state index < -0.39 is 0 Å². The average molecular weight is 321 g/mol. The van der Waals surface area contributed by atoms with Gasteiger partial charge in [0.15, 0.2) is 0 Å². The first kappa shape index (κ1) is 20.8. The minimum atomic E-state index is 1.36. The second-order valence-electron chi connectivity index (χ2n) is 7.81. The van der Waals surface area contributed by atoms with Crippen molar-refractivity contribution in [1.82, 2.24) is 0 Å². The van der Waals surface area contributed by atoms with Crippen LogP contribution in [0.1, 0.15) is 135 Å². The summed E-state index contributed by atoms with van der Waals surface area (Å²) < 4.78 is 0. The third-order valence-electron chi connectivity index (χ3n) is 5.49. The number of hydrogen-bond acceptors (Lipinski definition) is 0. The van der Waals surface area contributed by atoms with E-state index in [4.69, 9.17) is 0 Å². The molecule has 0 saturated carbocycles. The molecule has 0 aliphatic heterocycles. The van der Waals surface area contributed by atoms with Gasteiger partial charge < -0.3 is 0 Å². The van der Waals surface area contributed by atoms with Crippen LogP contribution in [0, 0.1) is 0 Å². The van der Waals surface area contributed by atoms with Crippen LogP contribution < -0.4 is 0 Å². The number of allylic oxidation sites excluding steroid dienone is 2. The average Bonchev–Trinajstić information content (AvgIpc) is 2.59. The zero-order chi connectivity index (χ0) is 16.4. The largest absolute Gasteiger partial charge is 0.0853 e. The Morgan fingerprint density at radius 2 is 1.09 bits per heavy atom. The molecule has 0 radical (unpaired) electrons. The summed E-state index contributed by atoms with van der Waals surface area (Å²) in [6.07, 6.45) is 31.6. The van der Waals surface area contributed by atoms with E-state index in [1.165, 1.54) is 128 Å². The molecule has 0 heteroatoms. The molecule has 1 aliphatic rings. The van der Waals surface area contributed by atoms with Crippen molar-refractivity contribution < 1.29 is 0 Å². The zero-order valence-corrected chi connectivity index (χ0v) is 16.2. The molecule has 0 bridgehead atoms. The van der Waals surface area contributed by atoms with Crippen molar-refractivity contribution in [3.63, 3.8) is 0 Å². The van der Waals surface area contributed by atoms with Gasteiger partial charge in [-0.05, 0) is 38.5 Å². The number of rotatable bonds is 16. The van der Waals surface area contributed by atoms with Gasteiger partial charge in [-0.1, -0.05) is 108 Å². The van der Waals surface area contributed by atoms with Crippen molar-refractivity contribution in [1.29, 1.82) is 0 Å². The quantitative estimate of drug-likeness (QED) is 0.197. The maximum Gasteiger partial charge on any atom is -0.0320 e. The molecule has 1 rings (SSSR count). The normalized spacial score (nSPS) is 14.9. The van der Waals surface area contributed by atoms with Crippen LogP contribution in [0.3, 0.4) is 0 Å². The van der Waals surface area contributed by atoms with Crippen molar-refractivity contribution in [3.05, 3.63) is 11.6 Å². The molecule has 23 heavy (non-hydrogen) atoms. The van der Waals surface area contributed by atoms with E-state index in [9.17, 15) is 0 Å². The summed E-state index contributed by atoms with van der Waals surface area (Å²) >= 11 is 0. The van der Waals surface area contributed by atoms with E-state index >= 15 is 0 Å². The van der Waals surface area contributed by atoms with Crippen LogP contribution in [0.25, 0.3) is 0 Å². The molecule has 0 amide bonds. The molecule has 0 unspecified atom stereocenters. The lowest BCUT2D eigenvalue weighted by molar-refractivity contribution is 0.530. The molecular formula is C23H44. The molecule has 0 aromatic carbocycles. The molecule has 0 fully saturated rings. The Balaban J connectivity index is 1.69. The second-order valence-corrected chi connectivity index (χ2v) is 7.81. The van der Waals surface area contributed by atoms with E-state index in [-0.39, 0.29) is 0 Å². The minimum absolute atomic E-state index is 1.36. The minimum Gasteiger partial charge on any atom is -0.0853 e. The van der Waals surface area contributed by atoms with Crippen LogP contribution in [0.5, 0.6) is 0 Å². The molecule has 0 aromatic heterocycles. The van der Waals surface area contributed by atoms with Crippen molar-refractivity contribution in [2.45, 2.75) is 135 Å².